The summed E-state index contributed by atoms with van der Waals surface area (Å²) in [5, 5.41) is 21.6. The number of rotatable bonds is 0. The molecular weight excluding hydrogens is 284 g/mol. The molecule has 3 unspecified atom stereocenters. The van der Waals surface area contributed by atoms with Crippen LogP contribution in [0.2, 0.25) is 0 Å². The van der Waals surface area contributed by atoms with Gasteiger partial charge in [-0.15, -0.1) is 6.42 Å². The molecule has 0 aromatic carbocycles. The van der Waals surface area contributed by atoms with Crippen molar-refractivity contribution in [2.24, 2.45) is 34.5 Å². The summed E-state index contributed by atoms with van der Waals surface area (Å²) in [4.78, 5) is 0. The SMILES string of the molecule is C#C[C@]1(O)[C@H](O)CC2C3CC[C@H]4CCCC[C@]4(C)C3CC[C@@]21C. The van der Waals surface area contributed by atoms with E-state index < -0.39 is 11.7 Å². The van der Waals surface area contributed by atoms with Gasteiger partial charge in [0.15, 0.2) is 5.60 Å². The van der Waals surface area contributed by atoms with E-state index in [1.54, 1.807) is 0 Å². The molecule has 0 bridgehead atoms. The summed E-state index contributed by atoms with van der Waals surface area (Å²) in [5.41, 5.74) is -1.14. The largest absolute Gasteiger partial charge is 0.389 e. The Morgan fingerprint density at radius 2 is 1.78 bits per heavy atom. The highest BCUT2D eigenvalue weighted by atomic mass is 16.3. The molecule has 0 radical (unpaired) electrons. The molecule has 4 fully saturated rings. The Morgan fingerprint density at radius 3 is 2.52 bits per heavy atom. The standard InChI is InChI=1S/C21H32O2/c1-4-21(23)18(22)13-17-15-9-8-14-7-5-6-11-19(14,2)16(15)10-12-20(17,21)3/h1,14-18,22-23H,5-13H2,2-3H3/t14-,15?,16?,17?,18-,19+,20+,21+/m1/s1. The highest BCUT2D eigenvalue weighted by molar-refractivity contribution is 5.27. The summed E-state index contributed by atoms with van der Waals surface area (Å²) in [6.07, 6.45) is 16.0. The summed E-state index contributed by atoms with van der Waals surface area (Å²) in [6, 6.07) is 0. The number of aliphatic hydroxyl groups is 2. The first-order chi connectivity index (χ1) is 10.9. The Kier molecular flexibility index (Phi) is 3.47. The van der Waals surface area contributed by atoms with Crippen molar-refractivity contribution in [3.8, 4) is 12.3 Å². The van der Waals surface area contributed by atoms with E-state index in [2.05, 4.69) is 19.8 Å². The van der Waals surface area contributed by atoms with Gasteiger partial charge < -0.3 is 10.2 Å². The normalized spacial score (nSPS) is 58.7. The average Bonchev–Trinajstić information content (AvgIpc) is 2.75. The third-order valence-electron chi connectivity index (χ3n) is 9.02. The maximum atomic E-state index is 11.0. The van der Waals surface area contributed by atoms with Crippen molar-refractivity contribution in [2.45, 2.75) is 83.3 Å². The van der Waals surface area contributed by atoms with Crippen LogP contribution in [0.3, 0.4) is 0 Å². The number of fused-ring (bicyclic) bond motifs is 5. The highest BCUT2D eigenvalue weighted by Gasteiger charge is 2.67. The van der Waals surface area contributed by atoms with E-state index in [0.29, 0.717) is 23.7 Å². The third-order valence-corrected chi connectivity index (χ3v) is 9.02. The predicted molar refractivity (Wildman–Crippen MR) is 91.5 cm³/mol. The smallest absolute Gasteiger partial charge is 0.156 e. The minimum absolute atomic E-state index is 0.305. The van der Waals surface area contributed by atoms with E-state index in [-0.39, 0.29) is 5.41 Å². The Hall–Kier alpha value is -0.520. The molecule has 2 nitrogen and oxygen atoms in total. The quantitative estimate of drug-likeness (QED) is 0.668. The van der Waals surface area contributed by atoms with E-state index in [1.807, 2.05) is 0 Å². The van der Waals surface area contributed by atoms with Gasteiger partial charge in [-0.3, -0.25) is 0 Å². The van der Waals surface area contributed by atoms with Crippen molar-refractivity contribution in [1.82, 2.24) is 0 Å². The third kappa shape index (κ3) is 1.84. The molecule has 0 aromatic rings. The summed E-state index contributed by atoms with van der Waals surface area (Å²) >= 11 is 0. The van der Waals surface area contributed by atoms with Crippen LogP contribution in [0.5, 0.6) is 0 Å². The van der Waals surface area contributed by atoms with Crippen LogP contribution in [0.4, 0.5) is 0 Å². The van der Waals surface area contributed by atoms with E-state index in [1.165, 1.54) is 44.9 Å². The van der Waals surface area contributed by atoms with E-state index in [0.717, 1.165) is 18.3 Å². The lowest BCUT2D eigenvalue weighted by Crippen LogP contribution is -2.57. The van der Waals surface area contributed by atoms with Crippen molar-refractivity contribution in [1.29, 1.82) is 0 Å². The summed E-state index contributed by atoms with van der Waals surface area (Å²) < 4.78 is 0. The Bertz CT molecular complexity index is 536. The monoisotopic (exact) mass is 316 g/mol. The van der Waals surface area contributed by atoms with Gasteiger partial charge in [-0.2, -0.15) is 0 Å². The fourth-order valence-electron chi connectivity index (χ4n) is 7.58. The van der Waals surface area contributed by atoms with Crippen LogP contribution >= 0.6 is 0 Å². The lowest BCUT2D eigenvalue weighted by molar-refractivity contribution is -0.143. The van der Waals surface area contributed by atoms with Crippen LogP contribution in [0, 0.1) is 46.8 Å². The zero-order chi connectivity index (χ0) is 16.5. The van der Waals surface area contributed by atoms with E-state index in [4.69, 9.17) is 6.42 Å². The number of aliphatic hydroxyl groups excluding tert-OH is 1. The topological polar surface area (TPSA) is 40.5 Å². The molecule has 0 amide bonds. The number of hydrogen-bond acceptors (Lipinski definition) is 2. The fraction of sp³-hybridized carbons (Fsp3) is 0.905. The van der Waals surface area contributed by atoms with Gasteiger partial charge in [-0.1, -0.05) is 32.6 Å². The number of terminal acetylenes is 1. The first-order valence-corrected chi connectivity index (χ1v) is 9.75. The second kappa shape index (κ2) is 4.99. The average molecular weight is 316 g/mol. The molecule has 0 aromatic heterocycles. The van der Waals surface area contributed by atoms with E-state index in [9.17, 15) is 10.2 Å². The number of hydrogen-bond donors (Lipinski definition) is 2. The Labute approximate surface area is 141 Å². The van der Waals surface area contributed by atoms with Crippen molar-refractivity contribution < 1.29 is 10.2 Å². The highest BCUT2D eigenvalue weighted by Crippen LogP contribution is 2.68. The molecule has 128 valence electrons. The predicted octanol–water partition coefficient (Wildman–Crippen LogP) is 3.75. The molecule has 4 rings (SSSR count). The molecule has 4 aliphatic rings. The molecule has 4 aliphatic carbocycles. The summed E-state index contributed by atoms with van der Waals surface area (Å²) in [5.74, 6) is 5.30. The van der Waals surface area contributed by atoms with Gasteiger partial charge in [-0.05, 0) is 74.0 Å². The molecule has 0 aliphatic heterocycles. The summed E-state index contributed by atoms with van der Waals surface area (Å²) in [6.45, 7) is 4.70. The molecule has 2 N–H and O–H groups in total. The molecule has 0 spiro atoms. The molecule has 2 heteroatoms. The van der Waals surface area contributed by atoms with Crippen molar-refractivity contribution in [3.05, 3.63) is 0 Å². The minimum atomic E-state index is -1.33. The Morgan fingerprint density at radius 1 is 1.00 bits per heavy atom. The molecular formula is C21H32O2. The molecule has 0 heterocycles. The second-order valence-corrected chi connectivity index (χ2v) is 9.52. The molecule has 8 atom stereocenters. The zero-order valence-corrected chi connectivity index (χ0v) is 14.7. The maximum Gasteiger partial charge on any atom is 0.156 e. The van der Waals surface area contributed by atoms with Gasteiger partial charge in [0, 0.05) is 5.41 Å². The lowest BCUT2D eigenvalue weighted by atomic mass is 9.44. The van der Waals surface area contributed by atoms with Crippen molar-refractivity contribution >= 4 is 0 Å². The lowest BCUT2D eigenvalue weighted by Gasteiger charge is -2.60. The van der Waals surface area contributed by atoms with E-state index >= 15 is 0 Å². The van der Waals surface area contributed by atoms with Gasteiger partial charge in [0.2, 0.25) is 0 Å². The van der Waals surface area contributed by atoms with Gasteiger partial charge in [0.05, 0.1) is 6.10 Å². The van der Waals surface area contributed by atoms with Crippen molar-refractivity contribution in [2.75, 3.05) is 0 Å². The van der Waals surface area contributed by atoms with Crippen LogP contribution in [-0.2, 0) is 0 Å². The zero-order valence-electron chi connectivity index (χ0n) is 14.7. The van der Waals surface area contributed by atoms with Crippen LogP contribution in [0.1, 0.15) is 71.6 Å². The van der Waals surface area contributed by atoms with Crippen LogP contribution in [0.25, 0.3) is 0 Å². The van der Waals surface area contributed by atoms with Crippen LogP contribution in [-0.4, -0.2) is 21.9 Å². The first kappa shape index (κ1) is 16.0. The minimum Gasteiger partial charge on any atom is -0.389 e. The van der Waals surface area contributed by atoms with Crippen LogP contribution < -0.4 is 0 Å². The Balaban J connectivity index is 1.69. The first-order valence-electron chi connectivity index (χ1n) is 9.75. The van der Waals surface area contributed by atoms with Gasteiger partial charge in [-0.25, -0.2) is 0 Å². The second-order valence-electron chi connectivity index (χ2n) is 9.52. The van der Waals surface area contributed by atoms with Gasteiger partial charge >= 0.3 is 0 Å². The van der Waals surface area contributed by atoms with Gasteiger partial charge in [0.1, 0.15) is 0 Å². The molecule has 23 heavy (non-hydrogen) atoms. The molecule has 4 saturated carbocycles. The maximum absolute atomic E-state index is 11.0. The molecule has 0 saturated heterocycles. The summed E-state index contributed by atoms with van der Waals surface area (Å²) in [7, 11) is 0. The van der Waals surface area contributed by atoms with Crippen molar-refractivity contribution in [3.63, 3.8) is 0 Å². The fourth-order valence-corrected chi connectivity index (χ4v) is 7.58. The van der Waals surface area contributed by atoms with Crippen LogP contribution in [0.15, 0.2) is 0 Å². The van der Waals surface area contributed by atoms with Gasteiger partial charge in [0.25, 0.3) is 0 Å².